The van der Waals surface area contributed by atoms with Crippen LogP contribution in [0.1, 0.15) is 42.5 Å². The van der Waals surface area contributed by atoms with Crippen molar-refractivity contribution in [2.24, 2.45) is 0 Å². The number of aldehydes is 1. The van der Waals surface area contributed by atoms with E-state index < -0.39 is 0 Å². The van der Waals surface area contributed by atoms with Crippen molar-refractivity contribution >= 4 is 23.0 Å². The van der Waals surface area contributed by atoms with Crippen LogP contribution in [0.2, 0.25) is 0 Å². The average Bonchev–Trinajstić information content (AvgIpc) is 2.89. The summed E-state index contributed by atoms with van der Waals surface area (Å²) in [4.78, 5) is 18.5. The van der Waals surface area contributed by atoms with E-state index in [1.165, 1.54) is 32.1 Å². The molecule has 0 aliphatic heterocycles. The van der Waals surface area contributed by atoms with Gasteiger partial charge in [0.15, 0.2) is 6.29 Å². The van der Waals surface area contributed by atoms with E-state index in [1.807, 2.05) is 12.3 Å². The van der Waals surface area contributed by atoms with Crippen LogP contribution in [0.5, 0.6) is 0 Å². The molecule has 3 rings (SSSR count). The van der Waals surface area contributed by atoms with Crippen molar-refractivity contribution in [1.82, 2.24) is 9.97 Å². The second-order valence-electron chi connectivity index (χ2n) is 4.93. The van der Waals surface area contributed by atoms with Gasteiger partial charge in [-0.1, -0.05) is 19.3 Å². The summed E-state index contributed by atoms with van der Waals surface area (Å²) in [6.07, 6.45) is 10.6. The van der Waals surface area contributed by atoms with Gasteiger partial charge in [0.25, 0.3) is 0 Å². The van der Waals surface area contributed by atoms with Gasteiger partial charge in [-0.05, 0) is 18.9 Å². The Kier molecular flexibility index (Phi) is 3.00. The molecule has 2 aromatic heterocycles. The van der Waals surface area contributed by atoms with E-state index in [0.717, 1.165) is 23.0 Å². The molecule has 2 aromatic rings. The Hall–Kier alpha value is -1.84. The normalized spacial score (nSPS) is 16.9. The van der Waals surface area contributed by atoms with Crippen LogP contribution < -0.4 is 5.32 Å². The third-order valence-corrected chi connectivity index (χ3v) is 3.70. The number of anilines is 1. The number of nitrogens with zero attached hydrogens (tertiary/aromatic N) is 1. The van der Waals surface area contributed by atoms with Crippen molar-refractivity contribution in [3.8, 4) is 0 Å². The van der Waals surface area contributed by atoms with Gasteiger partial charge in [-0.15, -0.1) is 0 Å². The zero-order chi connectivity index (χ0) is 12.4. The molecule has 4 nitrogen and oxygen atoms in total. The number of carbonyl (C=O) groups excluding carboxylic acids is 1. The molecule has 0 saturated heterocycles. The molecular formula is C14H17N3O. The lowest BCUT2D eigenvalue weighted by molar-refractivity contribution is 0.112. The van der Waals surface area contributed by atoms with Crippen LogP contribution in [-0.2, 0) is 0 Å². The molecule has 1 aliphatic carbocycles. The molecule has 0 radical (unpaired) electrons. The zero-order valence-corrected chi connectivity index (χ0v) is 10.3. The summed E-state index contributed by atoms with van der Waals surface area (Å²) in [6.45, 7) is 0. The molecule has 2 N–H and O–H groups in total. The summed E-state index contributed by atoms with van der Waals surface area (Å²) < 4.78 is 0. The van der Waals surface area contributed by atoms with Crippen molar-refractivity contribution in [2.45, 2.75) is 38.1 Å². The standard InChI is InChI=1S/C14H17N3O/c18-9-10-8-16-14-12(6-7-15-14)13(10)17-11-4-2-1-3-5-11/h6-9,11H,1-5H2,(H2,15,16,17). The number of nitrogens with one attached hydrogen (secondary N) is 2. The van der Waals surface area contributed by atoms with E-state index in [0.29, 0.717) is 11.6 Å². The molecule has 4 heteroatoms. The Labute approximate surface area is 106 Å². The number of rotatable bonds is 3. The first-order chi connectivity index (χ1) is 8.88. The molecule has 1 saturated carbocycles. The molecule has 1 aliphatic rings. The molecule has 0 unspecified atom stereocenters. The van der Waals surface area contributed by atoms with E-state index in [4.69, 9.17) is 0 Å². The van der Waals surface area contributed by atoms with Gasteiger partial charge in [-0.25, -0.2) is 4.98 Å². The number of hydrogen-bond donors (Lipinski definition) is 2. The third-order valence-electron chi connectivity index (χ3n) is 3.70. The van der Waals surface area contributed by atoms with E-state index in [-0.39, 0.29) is 0 Å². The van der Waals surface area contributed by atoms with Gasteiger partial charge in [0.1, 0.15) is 5.65 Å². The summed E-state index contributed by atoms with van der Waals surface area (Å²) in [5, 5.41) is 4.54. The predicted octanol–water partition coefficient (Wildman–Crippen LogP) is 3.12. The van der Waals surface area contributed by atoms with Crippen LogP contribution in [0, 0.1) is 0 Å². The molecule has 0 atom stereocenters. The smallest absolute Gasteiger partial charge is 0.153 e. The van der Waals surface area contributed by atoms with E-state index >= 15 is 0 Å². The highest BCUT2D eigenvalue weighted by atomic mass is 16.1. The number of H-pyrrole nitrogens is 1. The van der Waals surface area contributed by atoms with E-state index in [2.05, 4.69) is 15.3 Å². The second-order valence-corrected chi connectivity index (χ2v) is 4.93. The predicted molar refractivity (Wildman–Crippen MR) is 72.0 cm³/mol. The fourth-order valence-corrected chi connectivity index (χ4v) is 2.72. The summed E-state index contributed by atoms with van der Waals surface area (Å²) >= 11 is 0. The Balaban J connectivity index is 1.97. The lowest BCUT2D eigenvalue weighted by Gasteiger charge is -2.24. The SMILES string of the molecule is O=Cc1cnc2[nH]ccc2c1NC1CCCCC1. The van der Waals surface area contributed by atoms with Crippen LogP contribution >= 0.6 is 0 Å². The monoisotopic (exact) mass is 243 g/mol. The minimum absolute atomic E-state index is 0.484. The maximum atomic E-state index is 11.1. The van der Waals surface area contributed by atoms with Crippen LogP contribution in [0.25, 0.3) is 11.0 Å². The maximum Gasteiger partial charge on any atom is 0.153 e. The molecule has 0 amide bonds. The van der Waals surface area contributed by atoms with Crippen LogP contribution in [0.15, 0.2) is 18.5 Å². The zero-order valence-electron chi connectivity index (χ0n) is 10.3. The highest BCUT2D eigenvalue weighted by Gasteiger charge is 2.16. The van der Waals surface area contributed by atoms with Gasteiger partial charge in [-0.3, -0.25) is 4.79 Å². The first kappa shape index (κ1) is 11.3. The Bertz CT molecular complexity index is 555. The fourth-order valence-electron chi connectivity index (χ4n) is 2.72. The summed E-state index contributed by atoms with van der Waals surface area (Å²) in [7, 11) is 0. The Morgan fingerprint density at radius 3 is 2.94 bits per heavy atom. The van der Waals surface area contributed by atoms with Crippen LogP contribution in [-0.4, -0.2) is 22.3 Å². The van der Waals surface area contributed by atoms with E-state index in [1.54, 1.807) is 6.20 Å². The van der Waals surface area contributed by atoms with E-state index in [9.17, 15) is 4.79 Å². The van der Waals surface area contributed by atoms with Crippen LogP contribution in [0.3, 0.4) is 0 Å². The highest BCUT2D eigenvalue weighted by molar-refractivity contribution is 5.99. The van der Waals surface area contributed by atoms with Crippen molar-refractivity contribution in [3.05, 3.63) is 24.0 Å². The second kappa shape index (κ2) is 4.80. The van der Waals surface area contributed by atoms with Crippen molar-refractivity contribution in [1.29, 1.82) is 0 Å². The quantitative estimate of drug-likeness (QED) is 0.814. The van der Waals surface area contributed by atoms with Crippen molar-refractivity contribution < 1.29 is 4.79 Å². The average molecular weight is 243 g/mol. The topological polar surface area (TPSA) is 57.8 Å². The number of pyridine rings is 1. The Morgan fingerprint density at radius 1 is 1.33 bits per heavy atom. The van der Waals surface area contributed by atoms with Gasteiger partial charge in [0.05, 0.1) is 11.3 Å². The Morgan fingerprint density at radius 2 is 2.17 bits per heavy atom. The number of fused-ring (bicyclic) bond motifs is 1. The molecule has 0 spiro atoms. The minimum Gasteiger partial charge on any atom is -0.381 e. The molecule has 2 heterocycles. The fraction of sp³-hybridized carbons (Fsp3) is 0.429. The number of aromatic amines is 1. The lowest BCUT2D eigenvalue weighted by Crippen LogP contribution is -2.23. The first-order valence-electron chi connectivity index (χ1n) is 6.56. The minimum atomic E-state index is 0.484. The highest BCUT2D eigenvalue weighted by Crippen LogP contribution is 2.28. The van der Waals surface area contributed by atoms with Gasteiger partial charge in [0.2, 0.25) is 0 Å². The summed E-state index contributed by atoms with van der Waals surface area (Å²) in [5.74, 6) is 0. The molecule has 1 fully saturated rings. The molecule has 0 bridgehead atoms. The molecular weight excluding hydrogens is 226 g/mol. The van der Waals surface area contributed by atoms with Gasteiger partial charge >= 0.3 is 0 Å². The molecule has 94 valence electrons. The number of carbonyl (C=O) groups is 1. The first-order valence-corrected chi connectivity index (χ1v) is 6.56. The molecule has 18 heavy (non-hydrogen) atoms. The van der Waals surface area contributed by atoms with Crippen molar-refractivity contribution in [3.63, 3.8) is 0 Å². The maximum absolute atomic E-state index is 11.1. The lowest BCUT2D eigenvalue weighted by atomic mass is 9.95. The summed E-state index contributed by atoms with van der Waals surface area (Å²) in [5.41, 5.74) is 2.41. The van der Waals surface area contributed by atoms with Crippen LogP contribution in [0.4, 0.5) is 5.69 Å². The van der Waals surface area contributed by atoms with Gasteiger partial charge in [-0.2, -0.15) is 0 Å². The molecule has 0 aromatic carbocycles. The summed E-state index contributed by atoms with van der Waals surface area (Å²) in [6, 6.07) is 2.46. The number of aromatic nitrogens is 2. The third kappa shape index (κ3) is 1.98. The largest absolute Gasteiger partial charge is 0.381 e. The van der Waals surface area contributed by atoms with Gasteiger partial charge < -0.3 is 10.3 Å². The van der Waals surface area contributed by atoms with Crippen molar-refractivity contribution in [2.75, 3.05) is 5.32 Å². The number of hydrogen-bond acceptors (Lipinski definition) is 3. The van der Waals surface area contributed by atoms with Gasteiger partial charge in [0, 0.05) is 23.8 Å².